The Balaban J connectivity index is 0.000000278. The maximum absolute atomic E-state index is 13.8. The zero-order valence-corrected chi connectivity index (χ0v) is 43.5. The van der Waals surface area contributed by atoms with Gasteiger partial charge in [0.1, 0.15) is 23.6 Å². The molecular weight excluding hydrogens is 1040 g/mol. The van der Waals surface area contributed by atoms with Crippen molar-refractivity contribution in [3.63, 3.8) is 0 Å². The van der Waals surface area contributed by atoms with E-state index in [1.165, 1.54) is 74.4 Å². The fraction of sp³-hybridized carbons (Fsp3) is 0.469. The molecule has 4 aliphatic rings. The van der Waals surface area contributed by atoms with E-state index in [-0.39, 0.29) is 42.3 Å². The Kier molecular flexibility index (Phi) is 19.9. The predicted octanol–water partition coefficient (Wildman–Crippen LogP) is 4.74. The van der Waals surface area contributed by atoms with Crippen LogP contribution in [0.2, 0.25) is 0 Å². The largest absolute Gasteiger partial charge is 0.480 e. The highest BCUT2D eigenvalue weighted by Crippen LogP contribution is 2.40. The maximum atomic E-state index is 13.8. The van der Waals surface area contributed by atoms with Crippen molar-refractivity contribution in [3.8, 4) is 0 Å². The van der Waals surface area contributed by atoms with Crippen molar-refractivity contribution in [2.24, 2.45) is 10.8 Å². The summed E-state index contributed by atoms with van der Waals surface area (Å²) >= 11 is 0. The molecule has 20 nitrogen and oxygen atoms in total. The van der Waals surface area contributed by atoms with E-state index in [1.54, 1.807) is 13.8 Å². The van der Waals surface area contributed by atoms with Crippen molar-refractivity contribution in [2.75, 3.05) is 41.3 Å². The van der Waals surface area contributed by atoms with Crippen molar-refractivity contribution >= 4 is 55.7 Å². The minimum atomic E-state index is -4.58. The van der Waals surface area contributed by atoms with E-state index < -0.39 is 125 Å². The summed E-state index contributed by atoms with van der Waals surface area (Å²) < 4.78 is 126. The van der Waals surface area contributed by atoms with Crippen molar-refractivity contribution in [1.29, 1.82) is 0 Å². The number of esters is 1. The van der Waals surface area contributed by atoms with Gasteiger partial charge in [-0.25, -0.2) is 44.0 Å². The van der Waals surface area contributed by atoms with Gasteiger partial charge in [-0.2, -0.15) is 9.44 Å². The number of carbonyl (C=O) groups excluding carboxylic acids is 5. The summed E-state index contributed by atoms with van der Waals surface area (Å²) in [5.41, 5.74) is -2.80. The molecule has 5 N–H and O–H groups in total. The molecule has 26 heteroatoms. The summed E-state index contributed by atoms with van der Waals surface area (Å²) in [6.07, 6.45) is 8.62. The number of benzene rings is 2. The molecule has 6 rings (SSSR count). The molecule has 2 aromatic rings. The minimum Gasteiger partial charge on any atom is -0.480 e. The zero-order valence-electron chi connectivity index (χ0n) is 41.9. The molecule has 410 valence electrons. The van der Waals surface area contributed by atoms with E-state index in [0.717, 1.165) is 25.0 Å². The van der Waals surface area contributed by atoms with Crippen molar-refractivity contribution in [2.45, 2.75) is 105 Å². The molecule has 2 amide bonds. The lowest BCUT2D eigenvalue weighted by atomic mass is 9.70. The summed E-state index contributed by atoms with van der Waals surface area (Å²) in [4.78, 5) is 77.5. The Labute approximate surface area is 431 Å². The molecule has 6 atom stereocenters. The Bertz CT molecular complexity index is 2870. The zero-order chi connectivity index (χ0) is 55.6. The number of carboxylic acid groups (broad SMARTS) is 1. The van der Waals surface area contributed by atoms with Crippen LogP contribution in [-0.4, -0.2) is 139 Å². The first kappa shape index (κ1) is 59.6. The topological polar surface area (TPSA) is 273 Å². The van der Waals surface area contributed by atoms with Crippen LogP contribution in [0.3, 0.4) is 0 Å². The molecule has 2 aliphatic carbocycles. The van der Waals surface area contributed by atoms with Gasteiger partial charge in [0.05, 0.1) is 38.8 Å². The van der Waals surface area contributed by atoms with E-state index in [2.05, 4.69) is 15.4 Å². The first-order chi connectivity index (χ1) is 35.1. The average Bonchev–Trinajstić information content (AvgIpc) is 4.10. The van der Waals surface area contributed by atoms with Gasteiger partial charge in [-0.1, -0.05) is 12.2 Å². The third-order valence-corrected chi connectivity index (χ3v) is 15.4. The quantitative estimate of drug-likeness (QED) is 0.0722. The SMILES string of the molecule is CC(C)OC(=O)[C@H](CC1(C(=O)[C@@H]2CCCN2)C=CC(OC(=O)N(C)C)=CC1)NS(=O)(=O)c1ccc(F)c(F)c1.CN(C)C(=O)OC1=CCC(C[C@H](NS(=O)(=O)c2ccc(F)c(F)c2)C(=O)O)(C(=O)[C@@H]2CCCN2)C=C1. The van der Waals surface area contributed by atoms with Gasteiger partial charge < -0.3 is 39.8 Å². The van der Waals surface area contributed by atoms with Gasteiger partial charge >= 0.3 is 24.1 Å². The fourth-order valence-electron chi connectivity index (χ4n) is 8.43. The molecule has 0 spiro atoms. The smallest absolute Gasteiger partial charge is 0.414 e. The summed E-state index contributed by atoms with van der Waals surface area (Å²) in [7, 11) is -3.11. The summed E-state index contributed by atoms with van der Waals surface area (Å²) in [6, 6.07) is -0.549. The lowest BCUT2D eigenvalue weighted by Crippen LogP contribution is -2.50. The van der Waals surface area contributed by atoms with Crippen LogP contribution in [0.15, 0.2) is 94.2 Å². The molecule has 0 bridgehead atoms. The number of amides is 2. The van der Waals surface area contributed by atoms with Crippen molar-refractivity contribution in [1.82, 2.24) is 29.9 Å². The number of carboxylic acids is 1. The Morgan fingerprint density at radius 2 is 1.07 bits per heavy atom. The second-order valence-corrected chi connectivity index (χ2v) is 22.3. The van der Waals surface area contributed by atoms with Crippen LogP contribution in [-0.2, 0) is 53.4 Å². The summed E-state index contributed by atoms with van der Waals surface area (Å²) in [6.45, 7) is 4.38. The van der Waals surface area contributed by atoms with E-state index in [9.17, 15) is 68.3 Å². The van der Waals surface area contributed by atoms with Crippen molar-refractivity contribution < 1.29 is 82.5 Å². The minimum absolute atomic E-state index is 0.00885. The molecule has 2 fully saturated rings. The molecule has 2 aliphatic heterocycles. The third-order valence-electron chi connectivity index (χ3n) is 12.4. The van der Waals surface area contributed by atoms with Crippen LogP contribution in [0.1, 0.15) is 65.2 Å². The number of allylic oxidation sites excluding steroid dienone is 6. The monoisotopic (exact) mass is 1100 g/mol. The van der Waals surface area contributed by atoms with Crippen LogP contribution in [0.25, 0.3) is 0 Å². The summed E-state index contributed by atoms with van der Waals surface area (Å²) in [5.74, 6) is -8.03. The molecule has 75 heavy (non-hydrogen) atoms. The lowest BCUT2D eigenvalue weighted by Gasteiger charge is -2.35. The Morgan fingerprint density at radius 3 is 1.39 bits per heavy atom. The van der Waals surface area contributed by atoms with Gasteiger partial charge in [-0.15, -0.1) is 0 Å². The Hall–Kier alpha value is -6.32. The van der Waals surface area contributed by atoms with Crippen LogP contribution >= 0.6 is 0 Å². The highest BCUT2D eigenvalue weighted by atomic mass is 32.2. The van der Waals surface area contributed by atoms with E-state index in [4.69, 9.17) is 14.2 Å². The first-order valence-corrected chi connectivity index (χ1v) is 26.6. The number of nitrogens with zero attached hydrogens (tertiary/aromatic N) is 2. The average molecular weight is 1100 g/mol. The van der Waals surface area contributed by atoms with Gasteiger partial charge in [-0.3, -0.25) is 19.2 Å². The molecule has 0 radical (unpaired) electrons. The molecule has 0 aromatic heterocycles. The van der Waals surface area contributed by atoms with Gasteiger partial charge in [-0.05, 0) is 139 Å². The van der Waals surface area contributed by atoms with Crippen LogP contribution in [0, 0.1) is 34.1 Å². The second kappa shape index (κ2) is 25.0. The lowest BCUT2D eigenvalue weighted by molar-refractivity contribution is -0.150. The number of nitrogens with one attached hydrogen (secondary N) is 4. The normalized spacial score (nSPS) is 22.2. The Morgan fingerprint density at radius 1 is 0.667 bits per heavy atom. The van der Waals surface area contributed by atoms with E-state index in [0.29, 0.717) is 50.2 Å². The molecule has 2 saturated heterocycles. The second-order valence-electron chi connectivity index (χ2n) is 18.9. The molecule has 2 heterocycles. The van der Waals surface area contributed by atoms with Gasteiger partial charge in [0.15, 0.2) is 34.8 Å². The number of ketones is 2. The van der Waals surface area contributed by atoms with Gasteiger partial charge in [0, 0.05) is 28.2 Å². The molecule has 2 aromatic carbocycles. The molecular formula is C49H60F4N6O14S2. The number of Topliss-reactive ketones (excluding diaryl/α,β-unsaturated/α-hetero) is 2. The van der Waals surface area contributed by atoms with Crippen LogP contribution in [0.5, 0.6) is 0 Å². The maximum Gasteiger partial charge on any atom is 0.414 e. The standard InChI is InChI=1S/C26H33F2N3O7S.C23H27F2N3O7S/c1-16(2)37-24(33)22(30-39(35,36)18-7-8-19(27)20(28)14-18)15-26(23(32)21-6-5-13-29-21)11-9-17(10-12-26)38-25(34)31(3)4;1-28(2)22(32)35-14-7-9-23(10-8-14,20(29)18-4-3-11-26-18)13-19(21(30)31)27-36(33,34)15-5-6-16(24)17(25)12-15/h7-11,14,16,21-22,29-30H,5-6,12-13,15H2,1-4H3;5-9,12,18-19,26-27H,3-4,10-11,13H2,1-2H3,(H,30,31)/t21-,22-,26?;18-,19-,23?/m00/s1. The number of carbonyl (C=O) groups is 6. The van der Waals surface area contributed by atoms with Gasteiger partial charge in [0.2, 0.25) is 20.0 Å². The van der Waals surface area contributed by atoms with Crippen LogP contribution < -0.4 is 20.1 Å². The molecule has 0 saturated carbocycles. The predicted molar refractivity (Wildman–Crippen MR) is 260 cm³/mol. The number of aliphatic carboxylic acids is 1. The number of hydrogen-bond acceptors (Lipinski definition) is 15. The first-order valence-electron chi connectivity index (χ1n) is 23.6. The number of hydrogen-bond donors (Lipinski definition) is 5. The fourth-order valence-corrected chi connectivity index (χ4v) is 10.8. The number of ether oxygens (including phenoxy) is 3. The third kappa shape index (κ3) is 15.4. The highest BCUT2D eigenvalue weighted by molar-refractivity contribution is 7.89. The van der Waals surface area contributed by atoms with E-state index in [1.807, 2.05) is 4.72 Å². The number of halogens is 4. The number of rotatable bonds is 19. The van der Waals surface area contributed by atoms with Crippen LogP contribution in [0.4, 0.5) is 27.2 Å². The van der Waals surface area contributed by atoms with Gasteiger partial charge in [0.25, 0.3) is 0 Å². The number of sulfonamides is 2. The molecule has 2 unspecified atom stereocenters. The highest BCUT2D eigenvalue weighted by Gasteiger charge is 2.47. The summed E-state index contributed by atoms with van der Waals surface area (Å²) in [5, 5.41) is 16.0. The van der Waals surface area contributed by atoms with Crippen molar-refractivity contribution in [3.05, 3.63) is 108 Å². The van der Waals surface area contributed by atoms with E-state index >= 15 is 0 Å².